The third kappa shape index (κ3) is 4.86. The number of nitrogens with one attached hydrogen (secondary N) is 2. The summed E-state index contributed by atoms with van der Waals surface area (Å²) in [5, 5.41) is 22.0. The highest BCUT2D eigenvalue weighted by molar-refractivity contribution is 5.91. The molecule has 0 saturated heterocycles. The average Bonchev–Trinajstić information content (AvgIpc) is 3.38. The lowest BCUT2D eigenvalue weighted by Gasteiger charge is -2.14. The lowest BCUT2D eigenvalue weighted by Crippen LogP contribution is -2.29. The van der Waals surface area contributed by atoms with Gasteiger partial charge in [-0.05, 0) is 34.6 Å². The first kappa shape index (κ1) is 22.6. The van der Waals surface area contributed by atoms with Gasteiger partial charge in [-0.25, -0.2) is 9.48 Å². The molecular formula is C25H25N5O5. The predicted molar refractivity (Wildman–Crippen MR) is 125 cm³/mol. The highest BCUT2D eigenvalue weighted by atomic mass is 16.5. The molecule has 35 heavy (non-hydrogen) atoms. The molecule has 1 aromatic heterocycles. The van der Waals surface area contributed by atoms with Crippen LogP contribution in [-0.2, 0) is 16.1 Å². The van der Waals surface area contributed by atoms with Crippen LogP contribution in [0.25, 0.3) is 11.1 Å². The van der Waals surface area contributed by atoms with Gasteiger partial charge < -0.3 is 20.5 Å². The summed E-state index contributed by atoms with van der Waals surface area (Å²) in [5.41, 5.74) is 4.77. The minimum absolute atomic E-state index is 0.00838. The molecule has 10 heteroatoms. The zero-order chi connectivity index (χ0) is 24.4. The lowest BCUT2D eigenvalue weighted by atomic mass is 9.98. The Bertz CT molecular complexity index is 1230. The van der Waals surface area contributed by atoms with E-state index in [9.17, 15) is 14.4 Å². The Balaban J connectivity index is 1.06. The maximum Gasteiger partial charge on any atom is 0.407 e. The van der Waals surface area contributed by atoms with Gasteiger partial charge >= 0.3 is 12.1 Å². The zero-order valence-corrected chi connectivity index (χ0v) is 18.9. The van der Waals surface area contributed by atoms with Crippen LogP contribution < -0.4 is 10.6 Å². The molecule has 10 nitrogen and oxygen atoms in total. The van der Waals surface area contributed by atoms with Crippen LogP contribution in [0, 0.1) is 11.8 Å². The summed E-state index contributed by atoms with van der Waals surface area (Å²) in [6.07, 6.45) is 1.53. The van der Waals surface area contributed by atoms with E-state index in [1.54, 1.807) is 0 Å². The molecule has 1 heterocycles. The van der Waals surface area contributed by atoms with Gasteiger partial charge in [-0.1, -0.05) is 53.7 Å². The van der Waals surface area contributed by atoms with Crippen LogP contribution in [0.15, 0.2) is 54.7 Å². The number of carbonyl (C=O) groups excluding carboxylic acids is 2. The summed E-state index contributed by atoms with van der Waals surface area (Å²) in [6, 6.07) is 16.3. The second-order valence-electron chi connectivity index (χ2n) is 8.77. The van der Waals surface area contributed by atoms with Crippen LogP contribution in [0.2, 0.25) is 0 Å². The van der Waals surface area contributed by atoms with Gasteiger partial charge in [-0.2, -0.15) is 0 Å². The third-order valence-corrected chi connectivity index (χ3v) is 6.49. The topological polar surface area (TPSA) is 135 Å². The fraction of sp³-hybridized carbons (Fsp3) is 0.320. The second-order valence-corrected chi connectivity index (χ2v) is 8.77. The molecule has 180 valence electrons. The van der Waals surface area contributed by atoms with Crippen LogP contribution in [0.5, 0.6) is 0 Å². The van der Waals surface area contributed by atoms with E-state index in [0.29, 0.717) is 19.5 Å². The Morgan fingerprint density at radius 1 is 1.03 bits per heavy atom. The second kappa shape index (κ2) is 9.57. The van der Waals surface area contributed by atoms with Crippen molar-refractivity contribution in [3.05, 3.63) is 71.5 Å². The van der Waals surface area contributed by atoms with E-state index in [4.69, 9.17) is 9.84 Å². The van der Waals surface area contributed by atoms with Gasteiger partial charge in [-0.15, -0.1) is 5.10 Å². The lowest BCUT2D eigenvalue weighted by molar-refractivity contribution is -0.138. The number of hydrogen-bond donors (Lipinski definition) is 3. The van der Waals surface area contributed by atoms with E-state index in [-0.39, 0.29) is 36.6 Å². The van der Waals surface area contributed by atoms with E-state index in [1.165, 1.54) is 22.0 Å². The normalized spacial score (nSPS) is 17.8. The number of hydrogen-bond acceptors (Lipinski definition) is 6. The molecule has 0 bridgehead atoms. The summed E-state index contributed by atoms with van der Waals surface area (Å²) in [4.78, 5) is 35.3. The van der Waals surface area contributed by atoms with Crippen LogP contribution in [0.3, 0.4) is 0 Å². The fourth-order valence-electron chi connectivity index (χ4n) is 4.52. The third-order valence-electron chi connectivity index (χ3n) is 6.49. The van der Waals surface area contributed by atoms with Crippen molar-refractivity contribution >= 4 is 18.0 Å². The van der Waals surface area contributed by atoms with Crippen molar-refractivity contribution in [1.82, 2.24) is 25.6 Å². The molecule has 2 atom stereocenters. The molecule has 3 aromatic rings. The molecule has 3 N–H and O–H groups in total. The first-order valence-electron chi connectivity index (χ1n) is 11.5. The molecule has 2 aliphatic rings. The van der Waals surface area contributed by atoms with Gasteiger partial charge in [0.15, 0.2) is 5.69 Å². The number of alkyl carbamates (subject to hydrolysis) is 1. The molecule has 2 aliphatic carbocycles. The highest BCUT2D eigenvalue weighted by Crippen LogP contribution is 2.44. The number of carbonyl (C=O) groups is 3. The minimum atomic E-state index is -0.834. The first-order valence-corrected chi connectivity index (χ1v) is 11.5. The Labute approximate surface area is 201 Å². The van der Waals surface area contributed by atoms with Crippen molar-refractivity contribution in [3.8, 4) is 11.1 Å². The smallest absolute Gasteiger partial charge is 0.407 e. The van der Waals surface area contributed by atoms with Crippen molar-refractivity contribution in [3.63, 3.8) is 0 Å². The number of rotatable bonds is 9. The summed E-state index contributed by atoms with van der Waals surface area (Å²) in [5.74, 6) is -1.66. The molecule has 1 fully saturated rings. The largest absolute Gasteiger partial charge is 0.481 e. The van der Waals surface area contributed by atoms with Gasteiger partial charge in [-0.3, -0.25) is 9.59 Å². The van der Waals surface area contributed by atoms with Crippen molar-refractivity contribution in [2.45, 2.75) is 18.9 Å². The number of nitrogens with zero attached hydrogens (tertiary/aromatic N) is 3. The van der Waals surface area contributed by atoms with Gasteiger partial charge in [0.2, 0.25) is 0 Å². The fourth-order valence-corrected chi connectivity index (χ4v) is 4.52. The number of amides is 2. The molecule has 0 aliphatic heterocycles. The van der Waals surface area contributed by atoms with Crippen LogP contribution in [-0.4, -0.2) is 57.8 Å². The number of ether oxygens (including phenoxy) is 1. The monoisotopic (exact) mass is 475 g/mol. The minimum Gasteiger partial charge on any atom is -0.481 e. The molecule has 2 amide bonds. The first-order chi connectivity index (χ1) is 17.0. The Hall–Kier alpha value is -4.21. The van der Waals surface area contributed by atoms with Gasteiger partial charge in [0.25, 0.3) is 5.91 Å². The summed E-state index contributed by atoms with van der Waals surface area (Å²) < 4.78 is 6.96. The molecule has 0 radical (unpaired) electrons. The Morgan fingerprint density at radius 3 is 2.37 bits per heavy atom. The van der Waals surface area contributed by atoms with Crippen molar-refractivity contribution in [2.75, 3.05) is 19.7 Å². The molecular weight excluding hydrogens is 450 g/mol. The Kier molecular flexibility index (Phi) is 6.17. The molecule has 2 aromatic carbocycles. The van der Waals surface area contributed by atoms with E-state index >= 15 is 0 Å². The van der Waals surface area contributed by atoms with E-state index in [0.717, 1.165) is 11.1 Å². The van der Waals surface area contributed by atoms with Gasteiger partial charge in [0.1, 0.15) is 6.61 Å². The maximum absolute atomic E-state index is 12.3. The van der Waals surface area contributed by atoms with Crippen molar-refractivity contribution in [1.29, 1.82) is 0 Å². The van der Waals surface area contributed by atoms with Gasteiger partial charge in [0, 0.05) is 19.0 Å². The average molecular weight is 476 g/mol. The number of aromatic nitrogens is 3. The van der Waals surface area contributed by atoms with E-state index in [2.05, 4.69) is 45.2 Å². The standard InChI is InChI=1S/C25H25N5O5/c31-23(27-12-15-11-20(15)24(32)33)22-13-30(29-28-22)10-9-26-25(34)35-14-21-18-7-3-1-5-16(18)17-6-2-4-8-19(17)21/h1-8,13,15,20-21H,9-12,14H2,(H,26,34)(H,27,31)(H,32,33). The van der Waals surface area contributed by atoms with Crippen LogP contribution in [0.1, 0.15) is 34.0 Å². The molecule has 5 rings (SSSR count). The van der Waals surface area contributed by atoms with Gasteiger partial charge in [0.05, 0.1) is 18.7 Å². The number of benzene rings is 2. The summed E-state index contributed by atoms with van der Waals surface area (Å²) >= 11 is 0. The number of aliphatic carboxylic acids is 1. The SMILES string of the molecule is O=C(NCCn1cc(C(=O)NCC2CC2C(=O)O)nn1)OCC1c2ccccc2-c2ccccc21. The summed E-state index contributed by atoms with van der Waals surface area (Å²) in [7, 11) is 0. The van der Waals surface area contributed by atoms with E-state index < -0.39 is 18.0 Å². The number of carboxylic acid groups (broad SMARTS) is 1. The molecule has 0 spiro atoms. The molecule has 2 unspecified atom stereocenters. The quantitative estimate of drug-likeness (QED) is 0.432. The summed E-state index contributed by atoms with van der Waals surface area (Å²) in [6.45, 7) is 1.10. The number of carboxylic acids is 1. The van der Waals surface area contributed by atoms with Crippen molar-refractivity contribution in [2.24, 2.45) is 11.8 Å². The van der Waals surface area contributed by atoms with Crippen LogP contribution >= 0.6 is 0 Å². The number of fused-ring (bicyclic) bond motifs is 3. The maximum atomic E-state index is 12.3. The Morgan fingerprint density at radius 2 is 1.71 bits per heavy atom. The zero-order valence-electron chi connectivity index (χ0n) is 18.9. The van der Waals surface area contributed by atoms with Crippen molar-refractivity contribution < 1.29 is 24.2 Å². The molecule has 1 saturated carbocycles. The van der Waals surface area contributed by atoms with Crippen LogP contribution in [0.4, 0.5) is 4.79 Å². The highest BCUT2D eigenvalue weighted by Gasteiger charge is 2.43. The predicted octanol–water partition coefficient (Wildman–Crippen LogP) is 2.27. The van der Waals surface area contributed by atoms with E-state index in [1.807, 2.05) is 24.3 Å².